The van der Waals surface area contributed by atoms with Gasteiger partial charge in [-0.25, -0.2) is 4.79 Å². The summed E-state index contributed by atoms with van der Waals surface area (Å²) in [7, 11) is 0. The van der Waals surface area contributed by atoms with Crippen LogP contribution < -0.4 is 20.5 Å². The Labute approximate surface area is 169 Å². The van der Waals surface area contributed by atoms with E-state index >= 15 is 0 Å². The summed E-state index contributed by atoms with van der Waals surface area (Å²) in [5.74, 6) is 0.326. The third-order valence-corrected chi connectivity index (χ3v) is 4.80. The predicted octanol–water partition coefficient (Wildman–Crippen LogP) is 2.51. The maximum absolute atomic E-state index is 12.4. The number of anilines is 1. The lowest BCUT2D eigenvalue weighted by Crippen LogP contribution is -2.25. The molecule has 1 amide bonds. The van der Waals surface area contributed by atoms with Gasteiger partial charge in [-0.1, -0.05) is 18.2 Å². The number of fused-ring (bicyclic) bond motifs is 2. The number of amides is 1. The zero-order valence-electron chi connectivity index (χ0n) is 15.6. The molecule has 9 heteroatoms. The number of hydrogen-bond acceptors (Lipinski definition) is 6. The van der Waals surface area contributed by atoms with E-state index < -0.39 is 11.6 Å². The monoisotopic (exact) mass is 404 g/mol. The molecular formula is C21H16N4O5. The largest absolute Gasteiger partial charge is 0.493 e. The number of aromatic amines is 1. The number of aromatic hydroxyl groups is 1. The lowest BCUT2D eigenvalue weighted by molar-refractivity contribution is -0.116. The first kappa shape index (κ1) is 17.8. The average Bonchev–Trinajstić information content (AvgIpc) is 3.43. The number of aromatic nitrogens is 2. The maximum atomic E-state index is 12.4. The summed E-state index contributed by atoms with van der Waals surface area (Å²) >= 11 is 0. The first-order valence-electron chi connectivity index (χ1n) is 9.15. The summed E-state index contributed by atoms with van der Waals surface area (Å²) in [6.07, 6.45) is 3.28. The van der Waals surface area contributed by atoms with Crippen molar-refractivity contribution in [2.75, 3.05) is 12.1 Å². The predicted molar refractivity (Wildman–Crippen MR) is 110 cm³/mol. The van der Waals surface area contributed by atoms with Gasteiger partial charge in [0, 0.05) is 29.1 Å². The number of benzene rings is 2. The molecule has 0 saturated heterocycles. The fourth-order valence-electron chi connectivity index (χ4n) is 3.36. The van der Waals surface area contributed by atoms with Crippen LogP contribution in [0.2, 0.25) is 0 Å². The zero-order chi connectivity index (χ0) is 20.7. The number of aliphatic imine (C=N–C) groups is 1. The van der Waals surface area contributed by atoms with Gasteiger partial charge in [0.2, 0.25) is 18.6 Å². The minimum atomic E-state index is -0.594. The molecule has 3 N–H and O–H groups in total. The van der Waals surface area contributed by atoms with Crippen LogP contribution in [0.15, 0.2) is 52.3 Å². The van der Waals surface area contributed by atoms with Gasteiger partial charge in [-0.05, 0) is 24.3 Å². The quantitative estimate of drug-likeness (QED) is 0.618. The molecule has 3 heterocycles. The Kier molecular flexibility index (Phi) is 4.13. The lowest BCUT2D eigenvalue weighted by atomic mass is 10.1. The Morgan fingerprint density at radius 2 is 2.07 bits per heavy atom. The Morgan fingerprint density at radius 1 is 1.23 bits per heavy atom. The van der Waals surface area contributed by atoms with Crippen molar-refractivity contribution in [2.45, 2.75) is 6.54 Å². The first-order valence-corrected chi connectivity index (χ1v) is 9.15. The van der Waals surface area contributed by atoms with Crippen LogP contribution in [0.25, 0.3) is 11.6 Å². The van der Waals surface area contributed by atoms with Crippen LogP contribution in [0, 0.1) is 0 Å². The summed E-state index contributed by atoms with van der Waals surface area (Å²) in [6.45, 7) is -0.226. The van der Waals surface area contributed by atoms with Crippen LogP contribution in [0.4, 0.5) is 11.4 Å². The van der Waals surface area contributed by atoms with Crippen LogP contribution in [0.1, 0.15) is 11.3 Å². The van der Waals surface area contributed by atoms with Crippen molar-refractivity contribution < 1.29 is 19.4 Å². The Balaban J connectivity index is 1.36. The molecule has 2 aliphatic heterocycles. The summed E-state index contributed by atoms with van der Waals surface area (Å²) in [5, 5.41) is 13.2. The number of H-pyrrole nitrogens is 1. The molecule has 3 aromatic rings. The van der Waals surface area contributed by atoms with Gasteiger partial charge in [-0.3, -0.25) is 14.4 Å². The molecule has 30 heavy (non-hydrogen) atoms. The van der Waals surface area contributed by atoms with E-state index in [1.807, 2.05) is 24.3 Å². The minimum absolute atomic E-state index is 0.132. The van der Waals surface area contributed by atoms with Crippen molar-refractivity contribution in [3.63, 3.8) is 0 Å². The number of para-hydroxylation sites is 1. The molecule has 5 rings (SSSR count). The molecule has 0 fully saturated rings. The molecule has 0 atom stereocenters. The second-order valence-corrected chi connectivity index (χ2v) is 6.74. The SMILES string of the molecule is O=C(Cn1c(O)c(/C=C2\C=Nc3ccccc32)[nH]c1=O)Nc1ccc2c(c1)OCO2. The highest BCUT2D eigenvalue weighted by Crippen LogP contribution is 2.34. The summed E-state index contributed by atoms with van der Waals surface area (Å²) in [4.78, 5) is 31.6. The third-order valence-electron chi connectivity index (χ3n) is 4.80. The van der Waals surface area contributed by atoms with E-state index in [1.54, 1.807) is 30.5 Å². The third kappa shape index (κ3) is 3.12. The van der Waals surface area contributed by atoms with Gasteiger partial charge < -0.3 is 24.9 Å². The van der Waals surface area contributed by atoms with E-state index in [1.165, 1.54) is 0 Å². The molecule has 0 spiro atoms. The van der Waals surface area contributed by atoms with Gasteiger partial charge >= 0.3 is 5.69 Å². The molecule has 0 radical (unpaired) electrons. The van der Waals surface area contributed by atoms with Gasteiger partial charge in [0.15, 0.2) is 11.5 Å². The summed E-state index contributed by atoms with van der Waals surface area (Å²) in [6, 6.07) is 12.5. The molecule has 2 aliphatic rings. The van der Waals surface area contributed by atoms with Crippen molar-refractivity contribution in [3.05, 3.63) is 64.2 Å². The summed E-state index contributed by atoms with van der Waals surface area (Å²) < 4.78 is 11.5. The van der Waals surface area contributed by atoms with E-state index in [0.29, 0.717) is 17.2 Å². The van der Waals surface area contributed by atoms with Crippen molar-refractivity contribution in [1.29, 1.82) is 0 Å². The van der Waals surface area contributed by atoms with Crippen molar-refractivity contribution >= 4 is 35.1 Å². The molecular weight excluding hydrogens is 388 g/mol. The number of ether oxygens (including phenoxy) is 2. The molecule has 1 aromatic heterocycles. The number of nitrogens with one attached hydrogen (secondary N) is 2. The van der Waals surface area contributed by atoms with E-state index in [0.717, 1.165) is 21.4 Å². The number of carbonyl (C=O) groups excluding carboxylic acids is 1. The lowest BCUT2D eigenvalue weighted by Gasteiger charge is -2.07. The van der Waals surface area contributed by atoms with E-state index in [9.17, 15) is 14.7 Å². The molecule has 0 saturated carbocycles. The first-order chi connectivity index (χ1) is 14.6. The highest BCUT2D eigenvalue weighted by atomic mass is 16.7. The number of carbonyl (C=O) groups is 1. The average molecular weight is 404 g/mol. The van der Waals surface area contributed by atoms with Crippen LogP contribution in [-0.2, 0) is 11.3 Å². The van der Waals surface area contributed by atoms with Gasteiger partial charge in [0.1, 0.15) is 12.2 Å². The standard InChI is InChI=1S/C21H16N4O5/c26-19(23-13-5-6-17-18(8-13)30-11-29-17)10-25-20(27)16(24-21(25)28)7-12-9-22-15-4-2-1-3-14(12)15/h1-9,27H,10-11H2,(H,23,26)(H,24,28)/b12-7+. The molecule has 150 valence electrons. The van der Waals surface area contributed by atoms with Crippen LogP contribution in [-0.4, -0.2) is 33.6 Å². The Morgan fingerprint density at radius 3 is 2.97 bits per heavy atom. The van der Waals surface area contributed by atoms with Gasteiger partial charge in [0.25, 0.3) is 0 Å². The normalized spacial score (nSPS) is 14.9. The highest BCUT2D eigenvalue weighted by Gasteiger charge is 2.18. The number of imidazole rings is 1. The number of allylic oxidation sites excluding steroid dienone is 1. The van der Waals surface area contributed by atoms with Gasteiger partial charge in [-0.2, -0.15) is 0 Å². The highest BCUT2D eigenvalue weighted by molar-refractivity contribution is 6.21. The van der Waals surface area contributed by atoms with E-state index in [-0.39, 0.29) is 24.9 Å². The second kappa shape index (κ2) is 6.96. The number of hydrogen-bond donors (Lipinski definition) is 3. The van der Waals surface area contributed by atoms with E-state index in [2.05, 4.69) is 15.3 Å². The van der Waals surface area contributed by atoms with Crippen molar-refractivity contribution in [1.82, 2.24) is 9.55 Å². The smallest absolute Gasteiger partial charge is 0.329 e. The van der Waals surface area contributed by atoms with E-state index in [4.69, 9.17) is 9.47 Å². The van der Waals surface area contributed by atoms with Crippen LogP contribution in [0.3, 0.4) is 0 Å². The van der Waals surface area contributed by atoms with Gasteiger partial charge in [0.05, 0.1) is 5.69 Å². The molecule has 9 nitrogen and oxygen atoms in total. The molecule has 2 aromatic carbocycles. The molecule has 0 unspecified atom stereocenters. The number of rotatable bonds is 4. The zero-order valence-corrected chi connectivity index (χ0v) is 15.6. The molecule has 0 aliphatic carbocycles. The van der Waals surface area contributed by atoms with Gasteiger partial charge in [-0.15, -0.1) is 0 Å². The van der Waals surface area contributed by atoms with Crippen LogP contribution >= 0.6 is 0 Å². The Hall–Kier alpha value is -4.27. The second-order valence-electron chi connectivity index (χ2n) is 6.74. The van der Waals surface area contributed by atoms with Crippen molar-refractivity contribution in [2.24, 2.45) is 4.99 Å². The Bertz CT molecular complexity index is 1280. The minimum Gasteiger partial charge on any atom is -0.493 e. The summed E-state index contributed by atoms with van der Waals surface area (Å²) in [5.41, 5.74) is 2.56. The molecule has 0 bridgehead atoms. The van der Waals surface area contributed by atoms with Crippen molar-refractivity contribution in [3.8, 4) is 17.4 Å². The fraction of sp³-hybridized carbons (Fsp3) is 0.0952. The fourth-order valence-corrected chi connectivity index (χ4v) is 3.36. The van der Waals surface area contributed by atoms with Crippen LogP contribution in [0.5, 0.6) is 17.4 Å². The maximum Gasteiger partial charge on any atom is 0.329 e. The topological polar surface area (TPSA) is 118 Å². The number of nitrogens with zero attached hydrogens (tertiary/aromatic N) is 2.